The van der Waals surface area contributed by atoms with Crippen molar-refractivity contribution in [2.45, 2.75) is 38.2 Å². The predicted molar refractivity (Wildman–Crippen MR) is 60.3 cm³/mol. The van der Waals surface area contributed by atoms with Gasteiger partial charge in [0.1, 0.15) is 0 Å². The molecule has 0 unspecified atom stereocenters. The normalized spacial score (nSPS) is 15.1. The summed E-state index contributed by atoms with van der Waals surface area (Å²) in [5.41, 5.74) is 6.13. The van der Waals surface area contributed by atoms with Crippen LogP contribution in [-0.2, 0) is 11.5 Å². The van der Waals surface area contributed by atoms with Crippen LogP contribution in [0.1, 0.15) is 42.0 Å². The lowest BCUT2D eigenvalue weighted by atomic mass is 9.94. The lowest BCUT2D eigenvalue weighted by molar-refractivity contribution is 0.853. The molecule has 1 heterocycles. The van der Waals surface area contributed by atoms with Crippen LogP contribution in [0, 0.1) is 6.92 Å². The van der Waals surface area contributed by atoms with E-state index >= 15 is 0 Å². The summed E-state index contributed by atoms with van der Waals surface area (Å²) in [6, 6.07) is 4.79. The zero-order valence-electron chi connectivity index (χ0n) is 8.55. The Morgan fingerprint density at radius 1 is 1.15 bits per heavy atom. The first-order valence-corrected chi connectivity index (χ1v) is 6.04. The molecule has 1 aliphatic rings. The number of hydrogen-bond donors (Lipinski definition) is 0. The van der Waals surface area contributed by atoms with Crippen molar-refractivity contribution in [2.24, 2.45) is 0 Å². The number of thioether (sulfide) groups is 1. The zero-order chi connectivity index (χ0) is 9.42. The summed E-state index contributed by atoms with van der Waals surface area (Å²) in [6.07, 6.45) is 0. The second-order valence-corrected chi connectivity index (χ2v) is 5.11. The third-order valence-electron chi connectivity index (χ3n) is 2.73. The molecule has 0 bridgehead atoms. The van der Waals surface area contributed by atoms with Gasteiger partial charge >= 0.3 is 0 Å². The van der Waals surface area contributed by atoms with E-state index < -0.39 is 0 Å². The van der Waals surface area contributed by atoms with Crippen LogP contribution in [0.4, 0.5) is 0 Å². The van der Waals surface area contributed by atoms with E-state index in [1.165, 1.54) is 22.6 Å². The highest BCUT2D eigenvalue weighted by molar-refractivity contribution is 7.98. The van der Waals surface area contributed by atoms with Gasteiger partial charge in [0.05, 0.1) is 0 Å². The third-order valence-corrected chi connectivity index (χ3v) is 3.76. The van der Waals surface area contributed by atoms with E-state index in [9.17, 15) is 0 Å². The number of hydrogen-bond acceptors (Lipinski definition) is 1. The molecule has 1 aromatic carbocycles. The van der Waals surface area contributed by atoms with Crippen molar-refractivity contribution in [2.75, 3.05) is 0 Å². The second kappa shape index (κ2) is 3.38. The molecule has 0 aromatic heterocycles. The molecule has 0 fully saturated rings. The Bertz CT molecular complexity index is 326. The summed E-state index contributed by atoms with van der Waals surface area (Å²) in [6.45, 7) is 6.78. The Kier molecular flexibility index (Phi) is 2.37. The fourth-order valence-corrected chi connectivity index (χ4v) is 3.07. The van der Waals surface area contributed by atoms with Gasteiger partial charge < -0.3 is 0 Å². The molecule has 1 heteroatoms. The van der Waals surface area contributed by atoms with Crippen LogP contribution < -0.4 is 0 Å². The van der Waals surface area contributed by atoms with Crippen molar-refractivity contribution in [1.29, 1.82) is 0 Å². The summed E-state index contributed by atoms with van der Waals surface area (Å²) >= 11 is 2.03. The molecule has 0 saturated carbocycles. The topological polar surface area (TPSA) is 0 Å². The van der Waals surface area contributed by atoms with Crippen molar-refractivity contribution >= 4 is 11.8 Å². The Labute approximate surface area is 84.7 Å². The smallest absolute Gasteiger partial charge is 0.0191 e. The molecule has 13 heavy (non-hydrogen) atoms. The van der Waals surface area contributed by atoms with Gasteiger partial charge in [0, 0.05) is 11.5 Å². The van der Waals surface area contributed by atoms with Crippen LogP contribution in [0.15, 0.2) is 12.1 Å². The van der Waals surface area contributed by atoms with Gasteiger partial charge in [-0.05, 0) is 35.1 Å². The molecule has 0 nitrogen and oxygen atoms in total. The molecular formula is C12H16S. The van der Waals surface area contributed by atoms with E-state index in [0.717, 1.165) is 0 Å². The molecule has 0 N–H and O–H groups in total. The van der Waals surface area contributed by atoms with Crippen molar-refractivity contribution in [3.8, 4) is 0 Å². The number of fused-ring (bicyclic) bond motifs is 1. The number of aryl methyl sites for hydroxylation is 1. The van der Waals surface area contributed by atoms with Crippen LogP contribution in [-0.4, -0.2) is 0 Å². The molecule has 2 rings (SSSR count). The van der Waals surface area contributed by atoms with Crippen LogP contribution in [0.25, 0.3) is 0 Å². The lowest BCUT2D eigenvalue weighted by Gasteiger charge is -2.11. The largest absolute Gasteiger partial charge is 0.152 e. The summed E-state index contributed by atoms with van der Waals surface area (Å²) in [4.78, 5) is 0. The van der Waals surface area contributed by atoms with Crippen molar-refractivity contribution in [3.63, 3.8) is 0 Å². The van der Waals surface area contributed by atoms with Crippen LogP contribution in [0.2, 0.25) is 0 Å². The highest BCUT2D eigenvalue weighted by Gasteiger charge is 2.14. The van der Waals surface area contributed by atoms with Gasteiger partial charge in [-0.15, -0.1) is 0 Å². The van der Waals surface area contributed by atoms with Gasteiger partial charge in [0.2, 0.25) is 0 Å². The summed E-state index contributed by atoms with van der Waals surface area (Å²) < 4.78 is 0. The predicted octanol–water partition coefficient (Wildman–Crippen LogP) is 3.87. The monoisotopic (exact) mass is 192 g/mol. The minimum atomic E-state index is 0.663. The lowest BCUT2D eigenvalue weighted by Crippen LogP contribution is -1.95. The van der Waals surface area contributed by atoms with E-state index in [-0.39, 0.29) is 0 Å². The Morgan fingerprint density at radius 2 is 1.77 bits per heavy atom. The molecule has 0 saturated heterocycles. The van der Waals surface area contributed by atoms with Crippen LogP contribution >= 0.6 is 11.8 Å². The molecule has 0 radical (unpaired) electrons. The van der Waals surface area contributed by atoms with Gasteiger partial charge in [-0.3, -0.25) is 0 Å². The zero-order valence-corrected chi connectivity index (χ0v) is 9.37. The summed E-state index contributed by atoms with van der Waals surface area (Å²) in [5.74, 6) is 3.10. The summed E-state index contributed by atoms with van der Waals surface area (Å²) in [5, 5.41) is 0. The van der Waals surface area contributed by atoms with Crippen LogP contribution in [0.3, 0.4) is 0 Å². The summed E-state index contributed by atoms with van der Waals surface area (Å²) in [7, 11) is 0. The number of rotatable bonds is 1. The molecule has 0 amide bonds. The first-order valence-electron chi connectivity index (χ1n) is 4.88. The minimum Gasteiger partial charge on any atom is -0.152 e. The van der Waals surface area contributed by atoms with Gasteiger partial charge in [0.25, 0.3) is 0 Å². The maximum absolute atomic E-state index is 2.41. The van der Waals surface area contributed by atoms with Gasteiger partial charge in [-0.1, -0.05) is 26.0 Å². The minimum absolute atomic E-state index is 0.663. The molecular weight excluding hydrogens is 176 g/mol. The van der Waals surface area contributed by atoms with Gasteiger partial charge in [-0.2, -0.15) is 11.8 Å². The fourth-order valence-electron chi connectivity index (χ4n) is 1.99. The first kappa shape index (κ1) is 9.14. The SMILES string of the molecule is Cc1cc2c(cc1C(C)C)CSC2. The maximum Gasteiger partial charge on any atom is 0.0191 e. The van der Waals surface area contributed by atoms with E-state index in [4.69, 9.17) is 0 Å². The van der Waals surface area contributed by atoms with E-state index in [1.807, 2.05) is 11.8 Å². The van der Waals surface area contributed by atoms with Crippen molar-refractivity contribution in [1.82, 2.24) is 0 Å². The molecule has 0 aliphatic carbocycles. The molecule has 70 valence electrons. The standard InChI is InChI=1S/C12H16S/c1-8(2)12-5-11-7-13-6-10(11)4-9(12)3/h4-5,8H,6-7H2,1-3H3. The quantitative estimate of drug-likeness (QED) is 0.651. The van der Waals surface area contributed by atoms with E-state index in [2.05, 4.69) is 32.9 Å². The maximum atomic E-state index is 2.41. The first-order chi connectivity index (χ1) is 6.18. The average Bonchev–Trinajstić information content (AvgIpc) is 2.48. The molecule has 1 aliphatic heterocycles. The van der Waals surface area contributed by atoms with Gasteiger partial charge in [-0.25, -0.2) is 0 Å². The molecule has 0 atom stereocenters. The average molecular weight is 192 g/mol. The Balaban J connectivity index is 2.49. The van der Waals surface area contributed by atoms with Gasteiger partial charge in [0.15, 0.2) is 0 Å². The highest BCUT2D eigenvalue weighted by Crippen LogP contribution is 2.33. The van der Waals surface area contributed by atoms with E-state index in [0.29, 0.717) is 5.92 Å². The highest BCUT2D eigenvalue weighted by atomic mass is 32.2. The Hall–Kier alpha value is -0.430. The van der Waals surface area contributed by atoms with Crippen molar-refractivity contribution < 1.29 is 0 Å². The van der Waals surface area contributed by atoms with Crippen molar-refractivity contribution in [3.05, 3.63) is 34.4 Å². The molecule has 0 spiro atoms. The van der Waals surface area contributed by atoms with E-state index in [1.54, 1.807) is 11.1 Å². The Morgan fingerprint density at radius 3 is 2.38 bits per heavy atom. The third kappa shape index (κ3) is 1.62. The van der Waals surface area contributed by atoms with Crippen LogP contribution in [0.5, 0.6) is 0 Å². The number of benzene rings is 1. The molecule has 1 aromatic rings. The second-order valence-electron chi connectivity index (χ2n) is 4.13. The fraction of sp³-hybridized carbons (Fsp3) is 0.500.